The molecule has 1 saturated heterocycles. The van der Waals surface area contributed by atoms with Gasteiger partial charge in [-0.25, -0.2) is 0 Å². The summed E-state index contributed by atoms with van der Waals surface area (Å²) >= 11 is 0. The molecule has 4 heteroatoms. The van der Waals surface area contributed by atoms with Crippen LogP contribution in [-0.2, 0) is 9.53 Å². The third-order valence-electron chi connectivity index (χ3n) is 2.95. The molecule has 1 atom stereocenters. The van der Waals surface area contributed by atoms with Gasteiger partial charge in [0.2, 0.25) is 0 Å². The molecule has 0 radical (unpaired) electrons. The van der Waals surface area contributed by atoms with Crippen molar-refractivity contribution in [2.75, 3.05) is 39.8 Å². The van der Waals surface area contributed by atoms with Crippen molar-refractivity contribution < 1.29 is 14.0 Å². The molecule has 0 aromatic carbocycles. The van der Waals surface area contributed by atoms with E-state index in [4.69, 9.17) is 4.74 Å². The Balaban J connectivity index is 2.33. The predicted octanol–water partition coefficient (Wildman–Crippen LogP) is 0.378. The number of likely N-dealkylation sites (N-methyl/N-ethyl adjacent to an activating group) is 1. The maximum atomic E-state index is 11.1. The molecule has 0 bridgehead atoms. The Morgan fingerprint density at radius 3 is 2.87 bits per heavy atom. The maximum Gasteiger partial charge on any atom is 0.311 e. The number of nitrogens with zero attached hydrogens (tertiary/aromatic N) is 1. The number of cyclic esters (lactones) is 1. The van der Waals surface area contributed by atoms with E-state index in [1.165, 1.54) is 0 Å². The smallest absolute Gasteiger partial charge is 0.311 e. The third-order valence-corrected chi connectivity index (χ3v) is 2.95. The highest BCUT2D eigenvalue weighted by atomic mass is 16.5. The molecule has 1 N–H and O–H groups in total. The molecule has 4 nitrogen and oxygen atoms in total. The standard InChI is InChI=1S/C11H23N2O2/c1-10(2)12-5-7-13(3)6-4-11(14)15-9-8-13/h10,12H,4-9H2,1-3H3/q+1. The van der Waals surface area contributed by atoms with Gasteiger partial charge in [0, 0.05) is 12.6 Å². The number of ether oxygens (including phenoxy) is 1. The molecule has 0 amide bonds. The van der Waals surface area contributed by atoms with Crippen LogP contribution in [0.1, 0.15) is 20.3 Å². The van der Waals surface area contributed by atoms with E-state index in [2.05, 4.69) is 26.2 Å². The van der Waals surface area contributed by atoms with E-state index in [-0.39, 0.29) is 5.97 Å². The molecule has 0 aromatic heterocycles. The highest BCUT2D eigenvalue weighted by Crippen LogP contribution is 2.08. The normalized spacial score (nSPS) is 27.6. The maximum absolute atomic E-state index is 11.1. The fourth-order valence-corrected chi connectivity index (χ4v) is 1.77. The van der Waals surface area contributed by atoms with Gasteiger partial charge in [-0.2, -0.15) is 0 Å². The minimum Gasteiger partial charge on any atom is -0.460 e. The molecule has 1 fully saturated rings. The summed E-state index contributed by atoms with van der Waals surface area (Å²) in [5.41, 5.74) is 0. The Hall–Kier alpha value is -0.610. The van der Waals surface area contributed by atoms with Gasteiger partial charge in [0.15, 0.2) is 0 Å². The van der Waals surface area contributed by atoms with Gasteiger partial charge in [-0.3, -0.25) is 4.79 Å². The molecule has 1 aliphatic heterocycles. The zero-order valence-electron chi connectivity index (χ0n) is 10.1. The van der Waals surface area contributed by atoms with Gasteiger partial charge < -0.3 is 14.5 Å². The molecular weight excluding hydrogens is 192 g/mol. The van der Waals surface area contributed by atoms with Crippen LogP contribution in [0.15, 0.2) is 0 Å². The van der Waals surface area contributed by atoms with Gasteiger partial charge in [0.05, 0.1) is 26.6 Å². The molecule has 0 spiro atoms. The lowest BCUT2D eigenvalue weighted by Gasteiger charge is -2.32. The van der Waals surface area contributed by atoms with E-state index < -0.39 is 0 Å². The lowest BCUT2D eigenvalue weighted by Crippen LogP contribution is -2.50. The first kappa shape index (κ1) is 12.5. The summed E-state index contributed by atoms with van der Waals surface area (Å²) in [6.07, 6.45) is 0.554. The van der Waals surface area contributed by atoms with E-state index in [0.29, 0.717) is 19.1 Å². The second-order valence-electron chi connectivity index (χ2n) is 4.87. The molecule has 1 unspecified atom stereocenters. The Morgan fingerprint density at radius 1 is 1.47 bits per heavy atom. The topological polar surface area (TPSA) is 38.3 Å². The number of esters is 1. The lowest BCUT2D eigenvalue weighted by atomic mass is 10.3. The number of hydrogen-bond acceptors (Lipinski definition) is 3. The second-order valence-corrected chi connectivity index (χ2v) is 4.87. The highest BCUT2D eigenvalue weighted by molar-refractivity contribution is 5.69. The Morgan fingerprint density at radius 2 is 2.20 bits per heavy atom. The third kappa shape index (κ3) is 4.62. The molecule has 0 aliphatic carbocycles. The van der Waals surface area contributed by atoms with Crippen molar-refractivity contribution in [1.29, 1.82) is 0 Å². The van der Waals surface area contributed by atoms with E-state index in [1.54, 1.807) is 0 Å². The van der Waals surface area contributed by atoms with Gasteiger partial charge in [-0.1, -0.05) is 13.8 Å². The summed E-state index contributed by atoms with van der Waals surface area (Å²) in [5, 5.41) is 3.41. The first-order chi connectivity index (χ1) is 7.02. The number of carbonyl (C=O) groups is 1. The van der Waals surface area contributed by atoms with Gasteiger partial charge >= 0.3 is 5.97 Å². The minimum absolute atomic E-state index is 0.0475. The minimum atomic E-state index is -0.0475. The first-order valence-electron chi connectivity index (χ1n) is 5.74. The molecule has 1 aliphatic rings. The predicted molar refractivity (Wildman–Crippen MR) is 59.5 cm³/mol. The van der Waals surface area contributed by atoms with Crippen LogP contribution in [0.3, 0.4) is 0 Å². The average molecular weight is 215 g/mol. The average Bonchev–Trinajstić information content (AvgIpc) is 2.29. The molecule has 0 aromatic rings. The Bertz CT molecular complexity index is 219. The largest absolute Gasteiger partial charge is 0.460 e. The van der Waals surface area contributed by atoms with Crippen LogP contribution >= 0.6 is 0 Å². The van der Waals surface area contributed by atoms with E-state index in [1.807, 2.05) is 0 Å². The Labute approximate surface area is 92.2 Å². The van der Waals surface area contributed by atoms with Crippen LogP contribution in [0.5, 0.6) is 0 Å². The molecule has 1 rings (SSSR count). The number of nitrogens with one attached hydrogen (secondary N) is 1. The summed E-state index contributed by atoms with van der Waals surface area (Å²) < 4.78 is 5.99. The Kier molecular flexibility index (Phi) is 4.54. The van der Waals surface area contributed by atoms with Crippen LogP contribution in [0.2, 0.25) is 0 Å². The molecular formula is C11H23N2O2+. The summed E-state index contributed by atoms with van der Waals surface area (Å²) in [7, 11) is 2.20. The van der Waals surface area contributed by atoms with Crippen molar-refractivity contribution in [2.45, 2.75) is 26.3 Å². The molecule has 1 heterocycles. The molecule has 0 saturated carbocycles. The number of hydrogen-bond donors (Lipinski definition) is 1. The van der Waals surface area contributed by atoms with Crippen LogP contribution in [-0.4, -0.2) is 56.3 Å². The van der Waals surface area contributed by atoms with Gasteiger partial charge in [-0.05, 0) is 0 Å². The quantitative estimate of drug-likeness (QED) is 0.544. The van der Waals surface area contributed by atoms with E-state index >= 15 is 0 Å². The van der Waals surface area contributed by atoms with Gasteiger partial charge in [0.25, 0.3) is 0 Å². The SMILES string of the molecule is CC(C)NCC[N+]1(C)CCOC(=O)CC1. The van der Waals surface area contributed by atoms with Gasteiger partial charge in [0.1, 0.15) is 13.2 Å². The molecule has 88 valence electrons. The first-order valence-corrected chi connectivity index (χ1v) is 5.74. The number of rotatable bonds is 4. The zero-order chi connectivity index (χ0) is 11.3. The lowest BCUT2D eigenvalue weighted by molar-refractivity contribution is -0.906. The van der Waals surface area contributed by atoms with Crippen LogP contribution in [0, 0.1) is 0 Å². The fourth-order valence-electron chi connectivity index (χ4n) is 1.77. The van der Waals surface area contributed by atoms with Crippen LogP contribution in [0.4, 0.5) is 0 Å². The van der Waals surface area contributed by atoms with E-state index in [0.717, 1.165) is 30.7 Å². The second kappa shape index (κ2) is 5.47. The zero-order valence-corrected chi connectivity index (χ0v) is 10.1. The number of carbonyl (C=O) groups excluding carboxylic acids is 1. The van der Waals surface area contributed by atoms with Crippen molar-refractivity contribution in [3.63, 3.8) is 0 Å². The van der Waals surface area contributed by atoms with Crippen molar-refractivity contribution in [2.24, 2.45) is 0 Å². The summed E-state index contributed by atoms with van der Waals surface area (Å²) in [6, 6.07) is 0.529. The van der Waals surface area contributed by atoms with Crippen molar-refractivity contribution >= 4 is 5.97 Å². The van der Waals surface area contributed by atoms with Crippen LogP contribution in [0.25, 0.3) is 0 Å². The number of quaternary nitrogens is 1. The fraction of sp³-hybridized carbons (Fsp3) is 0.909. The molecule has 15 heavy (non-hydrogen) atoms. The highest BCUT2D eigenvalue weighted by Gasteiger charge is 2.26. The summed E-state index contributed by atoms with van der Waals surface area (Å²) in [6.45, 7) is 8.77. The van der Waals surface area contributed by atoms with Gasteiger partial charge in [-0.15, -0.1) is 0 Å². The van der Waals surface area contributed by atoms with Crippen molar-refractivity contribution in [3.05, 3.63) is 0 Å². The van der Waals surface area contributed by atoms with Crippen molar-refractivity contribution in [1.82, 2.24) is 5.32 Å². The summed E-state index contributed by atoms with van der Waals surface area (Å²) in [5.74, 6) is -0.0475. The monoisotopic (exact) mass is 215 g/mol. The summed E-state index contributed by atoms with van der Waals surface area (Å²) in [4.78, 5) is 11.1. The van der Waals surface area contributed by atoms with E-state index in [9.17, 15) is 4.79 Å². The van der Waals surface area contributed by atoms with Crippen LogP contribution < -0.4 is 5.32 Å². The van der Waals surface area contributed by atoms with Crippen molar-refractivity contribution in [3.8, 4) is 0 Å².